The zero-order valence-electron chi connectivity index (χ0n) is 10.4. The van der Waals surface area contributed by atoms with Crippen LogP contribution in [-0.4, -0.2) is 29.7 Å². The van der Waals surface area contributed by atoms with E-state index in [2.05, 4.69) is 10.3 Å². The fourth-order valence-corrected chi connectivity index (χ4v) is 1.73. The van der Waals surface area contributed by atoms with Crippen LogP contribution >= 0.6 is 12.2 Å². The summed E-state index contributed by atoms with van der Waals surface area (Å²) >= 11 is 4.92. The quantitative estimate of drug-likeness (QED) is 0.555. The highest BCUT2D eigenvalue weighted by atomic mass is 32.1. The molecule has 1 fully saturated rings. The van der Waals surface area contributed by atoms with Gasteiger partial charge in [-0.2, -0.15) is 0 Å². The lowest BCUT2D eigenvalue weighted by Gasteiger charge is -2.07. The summed E-state index contributed by atoms with van der Waals surface area (Å²) < 4.78 is 5.56. The molecule has 1 aliphatic carbocycles. The van der Waals surface area contributed by atoms with Crippen molar-refractivity contribution in [3.05, 3.63) is 23.9 Å². The molecule has 2 rings (SSSR count). The summed E-state index contributed by atoms with van der Waals surface area (Å²) in [5.41, 5.74) is 6.41. The Hall–Kier alpha value is -1.20. The number of rotatable bonds is 8. The van der Waals surface area contributed by atoms with Gasteiger partial charge in [-0.15, -0.1) is 0 Å². The van der Waals surface area contributed by atoms with Gasteiger partial charge in [0.25, 0.3) is 0 Å². The third-order valence-electron chi connectivity index (χ3n) is 2.87. The average molecular weight is 265 g/mol. The molecule has 4 nitrogen and oxygen atoms in total. The van der Waals surface area contributed by atoms with E-state index >= 15 is 0 Å². The lowest BCUT2D eigenvalue weighted by atomic mass is 10.2. The second-order valence-electron chi connectivity index (χ2n) is 4.59. The van der Waals surface area contributed by atoms with Gasteiger partial charge in [0, 0.05) is 31.5 Å². The molecule has 1 aliphatic rings. The molecule has 18 heavy (non-hydrogen) atoms. The van der Waals surface area contributed by atoms with Crippen LogP contribution in [0, 0.1) is 5.92 Å². The molecule has 98 valence electrons. The van der Waals surface area contributed by atoms with Crippen molar-refractivity contribution in [2.45, 2.75) is 19.3 Å². The largest absolute Gasteiger partial charge is 0.389 e. The summed E-state index contributed by atoms with van der Waals surface area (Å²) in [6.07, 6.45) is 5.37. The van der Waals surface area contributed by atoms with Gasteiger partial charge in [-0.1, -0.05) is 12.2 Å². The van der Waals surface area contributed by atoms with E-state index in [1.54, 1.807) is 6.20 Å². The normalized spacial score (nSPS) is 14.4. The minimum Gasteiger partial charge on any atom is -0.389 e. The average Bonchev–Trinajstić information content (AvgIpc) is 3.18. The number of ether oxygens (including phenoxy) is 1. The Kier molecular flexibility index (Phi) is 4.90. The third kappa shape index (κ3) is 4.58. The molecule has 0 atom stereocenters. The zero-order chi connectivity index (χ0) is 12.8. The molecular weight excluding hydrogens is 246 g/mol. The van der Waals surface area contributed by atoms with Crippen LogP contribution in [0.4, 0.5) is 5.82 Å². The van der Waals surface area contributed by atoms with Crippen molar-refractivity contribution in [2.24, 2.45) is 11.7 Å². The van der Waals surface area contributed by atoms with Crippen molar-refractivity contribution in [1.29, 1.82) is 0 Å². The maximum absolute atomic E-state index is 5.57. The first-order chi connectivity index (χ1) is 8.75. The predicted octanol–water partition coefficient (Wildman–Crippen LogP) is 1.94. The first-order valence-electron chi connectivity index (χ1n) is 6.33. The maximum atomic E-state index is 5.57. The Balaban J connectivity index is 1.62. The number of anilines is 1. The van der Waals surface area contributed by atoms with Gasteiger partial charge in [-0.25, -0.2) is 4.98 Å². The van der Waals surface area contributed by atoms with Crippen LogP contribution in [-0.2, 0) is 4.74 Å². The second kappa shape index (κ2) is 6.66. The number of hydrogen-bond acceptors (Lipinski definition) is 4. The highest BCUT2D eigenvalue weighted by Gasteiger charge is 2.20. The molecular formula is C13H19N3OS. The van der Waals surface area contributed by atoms with Crippen LogP contribution in [0.15, 0.2) is 18.3 Å². The highest BCUT2D eigenvalue weighted by molar-refractivity contribution is 7.80. The summed E-state index contributed by atoms with van der Waals surface area (Å²) in [7, 11) is 0. The molecule has 0 unspecified atom stereocenters. The van der Waals surface area contributed by atoms with Crippen LogP contribution in [0.1, 0.15) is 24.8 Å². The predicted molar refractivity (Wildman–Crippen MR) is 76.8 cm³/mol. The van der Waals surface area contributed by atoms with E-state index in [0.29, 0.717) is 4.99 Å². The highest BCUT2D eigenvalue weighted by Crippen LogP contribution is 2.28. The van der Waals surface area contributed by atoms with Crippen molar-refractivity contribution >= 4 is 23.0 Å². The first kappa shape index (κ1) is 13.2. The summed E-state index contributed by atoms with van der Waals surface area (Å²) in [5, 5.41) is 3.24. The molecule has 1 saturated carbocycles. The third-order valence-corrected chi connectivity index (χ3v) is 3.10. The Morgan fingerprint density at radius 2 is 2.39 bits per heavy atom. The number of nitrogens with one attached hydrogen (secondary N) is 1. The van der Waals surface area contributed by atoms with Crippen molar-refractivity contribution in [3.8, 4) is 0 Å². The molecule has 3 N–H and O–H groups in total. The molecule has 0 aliphatic heterocycles. The lowest BCUT2D eigenvalue weighted by molar-refractivity contribution is 0.124. The van der Waals surface area contributed by atoms with E-state index in [9.17, 15) is 0 Å². The Bertz CT molecular complexity index is 407. The van der Waals surface area contributed by atoms with E-state index in [1.807, 2.05) is 12.1 Å². The van der Waals surface area contributed by atoms with Crippen molar-refractivity contribution in [3.63, 3.8) is 0 Å². The molecule has 1 aromatic rings. The minimum atomic E-state index is 0.396. The van der Waals surface area contributed by atoms with Gasteiger partial charge in [0.05, 0.1) is 0 Å². The van der Waals surface area contributed by atoms with Crippen LogP contribution in [0.3, 0.4) is 0 Å². The molecule has 1 aromatic heterocycles. The van der Waals surface area contributed by atoms with Gasteiger partial charge in [-0.3, -0.25) is 0 Å². The Morgan fingerprint density at radius 1 is 1.56 bits per heavy atom. The van der Waals surface area contributed by atoms with Crippen LogP contribution in [0.5, 0.6) is 0 Å². The van der Waals surface area contributed by atoms with Crippen LogP contribution in [0.25, 0.3) is 0 Å². The standard InChI is InChI=1S/C13H19N3OS/c14-13(18)11-4-6-16-12(8-11)15-5-1-7-17-9-10-2-3-10/h4,6,8,10H,1-3,5,7,9H2,(H2,14,18)(H,15,16). The molecule has 0 spiro atoms. The van der Waals surface area contributed by atoms with Gasteiger partial charge in [0.15, 0.2) is 0 Å². The first-order valence-corrected chi connectivity index (χ1v) is 6.74. The number of nitrogens with zero attached hydrogens (tertiary/aromatic N) is 1. The van der Waals surface area contributed by atoms with Gasteiger partial charge >= 0.3 is 0 Å². The molecule has 0 radical (unpaired) electrons. The van der Waals surface area contributed by atoms with E-state index < -0.39 is 0 Å². The molecule has 0 amide bonds. The molecule has 0 bridgehead atoms. The van der Waals surface area contributed by atoms with Crippen molar-refractivity contribution in [1.82, 2.24) is 4.98 Å². The van der Waals surface area contributed by atoms with Crippen molar-refractivity contribution < 1.29 is 4.74 Å². The molecule has 1 heterocycles. The van der Waals surface area contributed by atoms with Gasteiger partial charge in [0.2, 0.25) is 0 Å². The van der Waals surface area contributed by atoms with Gasteiger partial charge < -0.3 is 15.8 Å². The molecule has 5 heteroatoms. The van der Waals surface area contributed by atoms with E-state index in [1.165, 1.54) is 12.8 Å². The number of hydrogen-bond donors (Lipinski definition) is 2. The van der Waals surface area contributed by atoms with Crippen LogP contribution in [0.2, 0.25) is 0 Å². The second-order valence-corrected chi connectivity index (χ2v) is 5.03. The summed E-state index contributed by atoms with van der Waals surface area (Å²) in [5.74, 6) is 1.64. The topological polar surface area (TPSA) is 60.2 Å². The smallest absolute Gasteiger partial charge is 0.126 e. The summed E-state index contributed by atoms with van der Waals surface area (Å²) in [4.78, 5) is 4.61. The lowest BCUT2D eigenvalue weighted by Crippen LogP contribution is -2.11. The minimum absolute atomic E-state index is 0.396. The number of aromatic nitrogens is 1. The molecule has 0 aromatic carbocycles. The van der Waals surface area contributed by atoms with Gasteiger partial charge in [-0.05, 0) is 37.3 Å². The van der Waals surface area contributed by atoms with E-state index in [-0.39, 0.29) is 0 Å². The molecule has 0 saturated heterocycles. The summed E-state index contributed by atoms with van der Waals surface area (Å²) in [6, 6.07) is 3.68. The summed E-state index contributed by atoms with van der Waals surface area (Å²) in [6.45, 7) is 2.58. The number of thiocarbonyl (C=S) groups is 1. The monoisotopic (exact) mass is 265 g/mol. The number of pyridine rings is 1. The van der Waals surface area contributed by atoms with E-state index in [4.69, 9.17) is 22.7 Å². The Morgan fingerprint density at radius 3 is 3.11 bits per heavy atom. The fraction of sp³-hybridized carbons (Fsp3) is 0.538. The van der Waals surface area contributed by atoms with Crippen LogP contribution < -0.4 is 11.1 Å². The van der Waals surface area contributed by atoms with E-state index in [0.717, 1.165) is 43.5 Å². The SMILES string of the molecule is NC(=S)c1ccnc(NCCCOCC2CC2)c1. The van der Waals surface area contributed by atoms with Gasteiger partial charge in [0.1, 0.15) is 10.8 Å². The zero-order valence-corrected chi connectivity index (χ0v) is 11.2. The fourth-order valence-electron chi connectivity index (χ4n) is 1.61. The Labute approximate surface area is 113 Å². The van der Waals surface area contributed by atoms with Crippen molar-refractivity contribution in [2.75, 3.05) is 25.1 Å². The number of nitrogens with two attached hydrogens (primary N) is 1. The maximum Gasteiger partial charge on any atom is 0.126 e.